The average molecular weight is 399 g/mol. The number of rotatable bonds is 5. The van der Waals surface area contributed by atoms with E-state index in [-0.39, 0.29) is 36.6 Å². The number of aliphatic carboxylic acids is 1. The number of fused-ring (bicyclic) bond motifs is 4. The van der Waals surface area contributed by atoms with Crippen LogP contribution < -0.4 is 10.6 Å². The van der Waals surface area contributed by atoms with E-state index in [4.69, 9.17) is 5.11 Å². The Bertz CT molecular complexity index is 929. The molecule has 1 aromatic rings. The molecule has 0 saturated carbocycles. The van der Waals surface area contributed by atoms with Crippen molar-refractivity contribution >= 4 is 29.4 Å². The summed E-state index contributed by atoms with van der Waals surface area (Å²) in [5.41, 5.74) is 0.826. The van der Waals surface area contributed by atoms with E-state index < -0.39 is 29.4 Å². The van der Waals surface area contributed by atoms with Crippen molar-refractivity contribution in [2.24, 2.45) is 11.8 Å². The molecule has 0 bridgehead atoms. The summed E-state index contributed by atoms with van der Waals surface area (Å²) in [6.45, 7) is 5.59. The third-order valence-electron chi connectivity index (χ3n) is 6.69. The fourth-order valence-electron chi connectivity index (χ4n) is 5.14. The van der Waals surface area contributed by atoms with Crippen molar-refractivity contribution in [3.8, 4) is 0 Å². The summed E-state index contributed by atoms with van der Waals surface area (Å²) >= 11 is 0. The van der Waals surface area contributed by atoms with Crippen LogP contribution in [0.5, 0.6) is 0 Å². The molecule has 3 heterocycles. The van der Waals surface area contributed by atoms with Crippen molar-refractivity contribution in [2.75, 3.05) is 5.32 Å². The molecule has 3 N–H and O–H groups in total. The lowest BCUT2D eigenvalue weighted by Gasteiger charge is -2.31. The van der Waals surface area contributed by atoms with Crippen LogP contribution in [-0.4, -0.2) is 45.8 Å². The van der Waals surface area contributed by atoms with Crippen molar-refractivity contribution in [2.45, 2.75) is 57.7 Å². The average Bonchev–Trinajstić information content (AvgIpc) is 3.26. The Kier molecular flexibility index (Phi) is 4.49. The van der Waals surface area contributed by atoms with Crippen LogP contribution in [0.4, 0.5) is 5.69 Å². The zero-order chi connectivity index (χ0) is 21.1. The summed E-state index contributed by atoms with van der Waals surface area (Å²) in [6, 6.07) is 4.65. The molecule has 4 rings (SSSR count). The summed E-state index contributed by atoms with van der Waals surface area (Å²) in [6.07, 6.45) is 0.628. The predicted molar refractivity (Wildman–Crippen MR) is 104 cm³/mol. The molecule has 2 saturated heterocycles. The summed E-state index contributed by atoms with van der Waals surface area (Å²) < 4.78 is 0. The Balaban J connectivity index is 1.86. The van der Waals surface area contributed by atoms with Gasteiger partial charge in [0.1, 0.15) is 5.54 Å². The first-order valence-corrected chi connectivity index (χ1v) is 10.0. The Labute approximate surface area is 168 Å². The maximum atomic E-state index is 13.5. The monoisotopic (exact) mass is 399 g/mol. The van der Waals surface area contributed by atoms with Gasteiger partial charge < -0.3 is 10.4 Å². The Hall–Kier alpha value is -2.74. The zero-order valence-electron chi connectivity index (χ0n) is 16.7. The highest BCUT2D eigenvalue weighted by Crippen LogP contribution is 2.54. The standard InChI is InChI=1S/C21H25N3O5/c1-4-11(3)24-18(27)15-13(8-9-14(25)26)23-21(16(15)19(24)28)12-7-5-6-10(2)17(12)22-20(21)29/h5-7,11,13,15-16,23H,4,8-9H2,1-3H3,(H,22,29)(H,25,26). The SMILES string of the molecule is CCC(C)N1C(=O)C2C(CCC(=O)O)NC3(C(=O)Nc4c(C)cccc43)C2C1=O. The fraction of sp³-hybridized carbons (Fsp3) is 0.524. The molecular formula is C21H25N3O5. The molecule has 3 aliphatic heterocycles. The number of likely N-dealkylation sites (tertiary alicyclic amines) is 1. The number of aryl methyl sites for hydroxylation is 1. The molecule has 3 aliphatic rings. The third kappa shape index (κ3) is 2.55. The molecule has 2 fully saturated rings. The molecule has 29 heavy (non-hydrogen) atoms. The highest BCUT2D eigenvalue weighted by molar-refractivity contribution is 6.15. The van der Waals surface area contributed by atoms with Gasteiger partial charge in [0.25, 0.3) is 0 Å². The van der Waals surface area contributed by atoms with Crippen LogP contribution in [0.15, 0.2) is 18.2 Å². The van der Waals surface area contributed by atoms with Gasteiger partial charge in [-0.15, -0.1) is 0 Å². The number of carboxylic acid groups (broad SMARTS) is 1. The Morgan fingerprint density at radius 1 is 1.28 bits per heavy atom. The largest absolute Gasteiger partial charge is 0.481 e. The first kappa shape index (κ1) is 19.6. The van der Waals surface area contributed by atoms with E-state index in [0.717, 1.165) is 5.56 Å². The molecule has 8 nitrogen and oxygen atoms in total. The molecular weight excluding hydrogens is 374 g/mol. The van der Waals surface area contributed by atoms with Crippen LogP contribution in [0.3, 0.4) is 0 Å². The molecule has 1 aromatic carbocycles. The second kappa shape index (κ2) is 6.66. The lowest BCUT2D eigenvalue weighted by Crippen LogP contribution is -2.54. The topological polar surface area (TPSA) is 116 Å². The van der Waals surface area contributed by atoms with Gasteiger partial charge in [0.05, 0.1) is 11.8 Å². The molecule has 0 aromatic heterocycles. The van der Waals surface area contributed by atoms with Crippen molar-refractivity contribution in [3.63, 3.8) is 0 Å². The summed E-state index contributed by atoms with van der Waals surface area (Å²) in [4.78, 5) is 52.4. The normalized spacial score (nSPS) is 31.2. The minimum atomic E-state index is -1.36. The number of para-hydroxylation sites is 1. The van der Waals surface area contributed by atoms with Gasteiger partial charge in [-0.2, -0.15) is 0 Å². The van der Waals surface area contributed by atoms with Crippen molar-refractivity contribution in [1.29, 1.82) is 0 Å². The van der Waals surface area contributed by atoms with Crippen LogP contribution in [0.2, 0.25) is 0 Å². The van der Waals surface area contributed by atoms with Crippen LogP contribution in [-0.2, 0) is 24.7 Å². The van der Waals surface area contributed by atoms with E-state index in [1.165, 1.54) is 4.90 Å². The van der Waals surface area contributed by atoms with Crippen molar-refractivity contribution in [3.05, 3.63) is 29.3 Å². The van der Waals surface area contributed by atoms with E-state index in [9.17, 15) is 19.2 Å². The summed E-state index contributed by atoms with van der Waals surface area (Å²) in [5.74, 6) is -3.65. The van der Waals surface area contributed by atoms with Gasteiger partial charge >= 0.3 is 5.97 Å². The summed E-state index contributed by atoms with van der Waals surface area (Å²) in [5, 5.41) is 15.3. The number of carboxylic acids is 1. The van der Waals surface area contributed by atoms with E-state index in [0.29, 0.717) is 17.7 Å². The zero-order valence-corrected chi connectivity index (χ0v) is 16.7. The molecule has 8 heteroatoms. The van der Waals surface area contributed by atoms with Crippen LogP contribution in [0.25, 0.3) is 0 Å². The quantitative estimate of drug-likeness (QED) is 0.644. The number of anilines is 1. The van der Waals surface area contributed by atoms with Gasteiger partial charge in [0, 0.05) is 29.8 Å². The maximum Gasteiger partial charge on any atom is 0.303 e. The number of nitrogens with one attached hydrogen (secondary N) is 2. The number of amides is 3. The van der Waals surface area contributed by atoms with Gasteiger partial charge in [-0.3, -0.25) is 29.4 Å². The molecule has 0 radical (unpaired) electrons. The number of carbonyl (C=O) groups is 4. The van der Waals surface area contributed by atoms with Crippen LogP contribution in [0.1, 0.15) is 44.2 Å². The number of benzene rings is 1. The third-order valence-corrected chi connectivity index (χ3v) is 6.69. The minimum Gasteiger partial charge on any atom is -0.481 e. The fourth-order valence-corrected chi connectivity index (χ4v) is 5.14. The second-order valence-corrected chi connectivity index (χ2v) is 8.25. The number of nitrogens with zero attached hydrogens (tertiary/aromatic N) is 1. The van der Waals surface area contributed by atoms with Crippen LogP contribution >= 0.6 is 0 Å². The van der Waals surface area contributed by atoms with Gasteiger partial charge in [0.2, 0.25) is 17.7 Å². The Morgan fingerprint density at radius 2 is 2.00 bits per heavy atom. The number of carbonyl (C=O) groups excluding carboxylic acids is 3. The molecule has 5 unspecified atom stereocenters. The van der Waals surface area contributed by atoms with Gasteiger partial charge in [0.15, 0.2) is 0 Å². The molecule has 3 amide bonds. The lowest BCUT2D eigenvalue weighted by atomic mass is 9.76. The van der Waals surface area contributed by atoms with Crippen molar-refractivity contribution in [1.82, 2.24) is 10.2 Å². The highest BCUT2D eigenvalue weighted by atomic mass is 16.4. The van der Waals surface area contributed by atoms with E-state index in [2.05, 4.69) is 10.6 Å². The first-order chi connectivity index (χ1) is 13.7. The second-order valence-electron chi connectivity index (χ2n) is 8.25. The molecule has 5 atom stereocenters. The predicted octanol–water partition coefficient (Wildman–Crippen LogP) is 1.38. The Morgan fingerprint density at radius 3 is 2.66 bits per heavy atom. The molecule has 1 spiro atoms. The van der Waals surface area contributed by atoms with E-state index in [1.807, 2.05) is 32.9 Å². The molecule has 154 valence electrons. The van der Waals surface area contributed by atoms with E-state index >= 15 is 0 Å². The smallest absolute Gasteiger partial charge is 0.303 e. The van der Waals surface area contributed by atoms with Gasteiger partial charge in [-0.1, -0.05) is 25.1 Å². The summed E-state index contributed by atoms with van der Waals surface area (Å²) in [7, 11) is 0. The maximum absolute atomic E-state index is 13.5. The number of hydrogen-bond donors (Lipinski definition) is 3. The van der Waals surface area contributed by atoms with Gasteiger partial charge in [-0.25, -0.2) is 0 Å². The van der Waals surface area contributed by atoms with Crippen LogP contribution in [0, 0.1) is 18.8 Å². The molecule has 0 aliphatic carbocycles. The minimum absolute atomic E-state index is 0.149. The van der Waals surface area contributed by atoms with Crippen molar-refractivity contribution < 1.29 is 24.3 Å². The number of imide groups is 1. The number of hydrogen-bond acceptors (Lipinski definition) is 5. The lowest BCUT2D eigenvalue weighted by molar-refractivity contribution is -0.145. The first-order valence-electron chi connectivity index (χ1n) is 10.0. The highest BCUT2D eigenvalue weighted by Gasteiger charge is 2.70. The van der Waals surface area contributed by atoms with E-state index in [1.54, 1.807) is 6.07 Å². The van der Waals surface area contributed by atoms with Gasteiger partial charge in [-0.05, 0) is 32.3 Å².